The number of hydrogen-bond donors (Lipinski definition) is 2. The third-order valence-corrected chi connectivity index (χ3v) is 7.00. The first-order valence-corrected chi connectivity index (χ1v) is 11.3. The van der Waals surface area contributed by atoms with E-state index in [1.54, 1.807) is 48.5 Å². The molecule has 6 nitrogen and oxygen atoms in total. The van der Waals surface area contributed by atoms with E-state index in [9.17, 15) is 13.2 Å². The Kier molecular flexibility index (Phi) is 5.52. The molecule has 0 aliphatic carbocycles. The predicted octanol–water partition coefficient (Wildman–Crippen LogP) is 4.23. The number of hydrogen-bond acceptors (Lipinski definition) is 3. The topological polar surface area (TPSA) is 82.3 Å². The molecule has 4 rings (SSSR count). The number of rotatable bonds is 6. The summed E-state index contributed by atoms with van der Waals surface area (Å²) in [6.07, 6.45) is 0. The highest BCUT2D eigenvalue weighted by Crippen LogP contribution is 2.23. The molecule has 0 unspecified atom stereocenters. The lowest BCUT2D eigenvalue weighted by atomic mass is 10.2. The summed E-state index contributed by atoms with van der Waals surface area (Å²) in [4.78, 5) is 16.0. The van der Waals surface area contributed by atoms with E-state index < -0.39 is 10.0 Å². The summed E-state index contributed by atoms with van der Waals surface area (Å²) in [6.45, 7) is 2.28. The van der Waals surface area contributed by atoms with E-state index in [2.05, 4.69) is 10.3 Å². The minimum atomic E-state index is -3.67. The molecule has 0 radical (unpaired) electrons. The number of aromatic amines is 1. The van der Waals surface area contributed by atoms with Crippen LogP contribution in [-0.4, -0.2) is 26.4 Å². The van der Waals surface area contributed by atoms with Crippen LogP contribution >= 0.6 is 0 Å². The van der Waals surface area contributed by atoms with Gasteiger partial charge in [0.2, 0.25) is 0 Å². The summed E-state index contributed by atoms with van der Waals surface area (Å²) in [5.41, 5.74) is 3.86. The SMILES string of the molecule is Cc1ccc(S(=O)(=O)N(C)c2ccc(C(=O)NCc3cc4ccccc4[nH]3)cc2)cc1. The Morgan fingerprint density at radius 1 is 0.968 bits per heavy atom. The lowest BCUT2D eigenvalue weighted by Gasteiger charge is -2.20. The Labute approximate surface area is 181 Å². The predicted molar refractivity (Wildman–Crippen MR) is 123 cm³/mol. The molecule has 1 heterocycles. The van der Waals surface area contributed by atoms with Gasteiger partial charge < -0.3 is 10.3 Å². The summed E-state index contributed by atoms with van der Waals surface area (Å²) in [7, 11) is -2.17. The average molecular weight is 434 g/mol. The first-order chi connectivity index (χ1) is 14.8. The van der Waals surface area contributed by atoms with Crippen LogP contribution in [0, 0.1) is 6.92 Å². The molecule has 0 saturated heterocycles. The number of fused-ring (bicyclic) bond motifs is 1. The van der Waals surface area contributed by atoms with Gasteiger partial charge in [-0.3, -0.25) is 9.10 Å². The van der Waals surface area contributed by atoms with Gasteiger partial charge >= 0.3 is 0 Å². The zero-order valence-corrected chi connectivity index (χ0v) is 18.1. The molecule has 0 aliphatic heterocycles. The number of aromatic nitrogens is 1. The molecule has 7 heteroatoms. The standard InChI is InChI=1S/C24H23N3O3S/c1-17-7-13-22(14-8-17)31(29,30)27(2)21-11-9-18(10-12-21)24(28)25-16-20-15-19-5-3-4-6-23(19)26-20/h3-15,26H,16H2,1-2H3,(H,25,28). The number of carbonyl (C=O) groups is 1. The van der Waals surface area contributed by atoms with Gasteiger partial charge in [0.25, 0.3) is 15.9 Å². The number of anilines is 1. The van der Waals surface area contributed by atoms with Crippen molar-refractivity contribution in [2.24, 2.45) is 0 Å². The molecule has 0 aliphatic rings. The summed E-state index contributed by atoms with van der Waals surface area (Å²) in [5, 5.41) is 3.98. The Hall–Kier alpha value is -3.58. The van der Waals surface area contributed by atoms with Crippen LogP contribution in [0.2, 0.25) is 0 Å². The lowest BCUT2D eigenvalue weighted by molar-refractivity contribution is 0.0950. The summed E-state index contributed by atoms with van der Waals surface area (Å²) in [5.74, 6) is -0.228. The van der Waals surface area contributed by atoms with Crippen molar-refractivity contribution in [3.05, 3.63) is 95.7 Å². The number of carbonyl (C=O) groups excluding carboxylic acids is 1. The third-order valence-electron chi connectivity index (χ3n) is 5.20. The largest absolute Gasteiger partial charge is 0.357 e. The quantitative estimate of drug-likeness (QED) is 0.477. The number of aryl methyl sites for hydroxylation is 1. The average Bonchev–Trinajstić information content (AvgIpc) is 3.20. The maximum atomic E-state index is 12.8. The Morgan fingerprint density at radius 2 is 1.65 bits per heavy atom. The van der Waals surface area contributed by atoms with Gasteiger partial charge in [-0.25, -0.2) is 8.42 Å². The summed E-state index contributed by atoms with van der Waals surface area (Å²) >= 11 is 0. The minimum Gasteiger partial charge on any atom is -0.357 e. The number of amides is 1. The molecule has 0 atom stereocenters. The van der Waals surface area contributed by atoms with Gasteiger partial charge in [0, 0.05) is 23.8 Å². The van der Waals surface area contributed by atoms with Gasteiger partial charge in [0.1, 0.15) is 0 Å². The van der Waals surface area contributed by atoms with Crippen molar-refractivity contribution in [1.82, 2.24) is 10.3 Å². The summed E-state index contributed by atoms with van der Waals surface area (Å²) < 4.78 is 26.9. The second-order valence-corrected chi connectivity index (χ2v) is 9.37. The smallest absolute Gasteiger partial charge is 0.264 e. The molecule has 4 aromatic rings. The number of sulfonamides is 1. The fourth-order valence-corrected chi connectivity index (χ4v) is 4.53. The molecule has 0 bridgehead atoms. The van der Waals surface area contributed by atoms with Crippen LogP contribution in [-0.2, 0) is 16.6 Å². The number of nitrogens with zero attached hydrogens (tertiary/aromatic N) is 1. The van der Waals surface area contributed by atoms with Crippen LogP contribution in [0.3, 0.4) is 0 Å². The molecule has 0 saturated carbocycles. The maximum absolute atomic E-state index is 12.8. The minimum absolute atomic E-state index is 0.223. The molecular formula is C24H23N3O3S. The molecule has 1 amide bonds. The second-order valence-electron chi connectivity index (χ2n) is 7.40. The van der Waals surface area contributed by atoms with Crippen molar-refractivity contribution in [3.8, 4) is 0 Å². The maximum Gasteiger partial charge on any atom is 0.264 e. The highest BCUT2D eigenvalue weighted by Gasteiger charge is 2.21. The second kappa shape index (κ2) is 8.28. The number of para-hydroxylation sites is 1. The highest BCUT2D eigenvalue weighted by atomic mass is 32.2. The van der Waals surface area contributed by atoms with E-state index in [0.717, 1.165) is 22.2 Å². The van der Waals surface area contributed by atoms with Gasteiger partial charge in [-0.1, -0.05) is 35.9 Å². The molecule has 2 N–H and O–H groups in total. The molecule has 1 aromatic heterocycles. The molecule has 3 aromatic carbocycles. The van der Waals surface area contributed by atoms with E-state index in [0.29, 0.717) is 17.8 Å². The van der Waals surface area contributed by atoms with E-state index in [1.165, 1.54) is 11.4 Å². The van der Waals surface area contributed by atoms with Crippen LogP contribution < -0.4 is 9.62 Å². The zero-order chi connectivity index (χ0) is 22.0. The van der Waals surface area contributed by atoms with Crippen LogP contribution in [0.1, 0.15) is 21.6 Å². The molecule has 0 spiro atoms. The highest BCUT2D eigenvalue weighted by molar-refractivity contribution is 7.92. The Bertz CT molecular complexity index is 1290. The van der Waals surface area contributed by atoms with Crippen molar-refractivity contribution >= 4 is 32.5 Å². The lowest BCUT2D eigenvalue weighted by Crippen LogP contribution is -2.27. The van der Waals surface area contributed by atoms with Crippen LogP contribution in [0.25, 0.3) is 10.9 Å². The fraction of sp³-hybridized carbons (Fsp3) is 0.125. The number of nitrogens with one attached hydrogen (secondary N) is 2. The van der Waals surface area contributed by atoms with Crippen molar-refractivity contribution in [3.63, 3.8) is 0 Å². The van der Waals surface area contributed by atoms with E-state index in [-0.39, 0.29) is 10.8 Å². The fourth-order valence-electron chi connectivity index (χ4n) is 3.34. The first-order valence-electron chi connectivity index (χ1n) is 9.85. The molecule has 158 valence electrons. The van der Waals surface area contributed by atoms with Crippen LogP contribution in [0.4, 0.5) is 5.69 Å². The van der Waals surface area contributed by atoms with E-state index >= 15 is 0 Å². The molecule has 31 heavy (non-hydrogen) atoms. The van der Waals surface area contributed by atoms with Gasteiger partial charge in [0.15, 0.2) is 0 Å². The normalized spacial score (nSPS) is 11.4. The third kappa shape index (κ3) is 4.32. The Morgan fingerprint density at radius 3 is 2.32 bits per heavy atom. The summed E-state index contributed by atoms with van der Waals surface area (Å²) in [6, 6.07) is 23.1. The van der Waals surface area contributed by atoms with Crippen molar-refractivity contribution < 1.29 is 13.2 Å². The number of benzene rings is 3. The van der Waals surface area contributed by atoms with Crippen molar-refractivity contribution in [2.45, 2.75) is 18.4 Å². The number of H-pyrrole nitrogens is 1. The zero-order valence-electron chi connectivity index (χ0n) is 17.3. The monoisotopic (exact) mass is 433 g/mol. The van der Waals surface area contributed by atoms with Crippen molar-refractivity contribution in [2.75, 3.05) is 11.4 Å². The van der Waals surface area contributed by atoms with Crippen LogP contribution in [0.5, 0.6) is 0 Å². The van der Waals surface area contributed by atoms with Gasteiger partial charge in [-0.05, 0) is 60.8 Å². The van der Waals surface area contributed by atoms with Crippen LogP contribution in [0.15, 0.2) is 83.8 Å². The van der Waals surface area contributed by atoms with Gasteiger partial charge in [0.05, 0.1) is 17.1 Å². The van der Waals surface area contributed by atoms with E-state index in [1.807, 2.05) is 37.3 Å². The Balaban J connectivity index is 1.44. The first kappa shape index (κ1) is 20.7. The van der Waals surface area contributed by atoms with Gasteiger partial charge in [-0.2, -0.15) is 0 Å². The molecular weight excluding hydrogens is 410 g/mol. The molecule has 0 fully saturated rings. The van der Waals surface area contributed by atoms with Crippen molar-refractivity contribution in [1.29, 1.82) is 0 Å². The van der Waals surface area contributed by atoms with Gasteiger partial charge in [-0.15, -0.1) is 0 Å². The van der Waals surface area contributed by atoms with E-state index in [4.69, 9.17) is 0 Å².